The number of anilines is 2. The van der Waals surface area contributed by atoms with Crippen LogP contribution in [0.15, 0.2) is 28.7 Å². The third kappa shape index (κ3) is 2.69. The van der Waals surface area contributed by atoms with Crippen molar-refractivity contribution in [3.8, 4) is 0 Å². The number of aryl methyl sites for hydroxylation is 1. The number of para-hydroxylation sites is 2. The van der Waals surface area contributed by atoms with E-state index >= 15 is 0 Å². The number of fused-ring (bicyclic) bond motifs is 1. The summed E-state index contributed by atoms with van der Waals surface area (Å²) in [6.07, 6.45) is 2.08. The lowest BCUT2D eigenvalue weighted by molar-refractivity contribution is 0.411. The molecule has 1 fully saturated rings. The Bertz CT molecular complexity index is 792. The molecule has 1 unspecified atom stereocenters. The Hall–Kier alpha value is -2.70. The van der Waals surface area contributed by atoms with Gasteiger partial charge >= 0.3 is 0 Å². The summed E-state index contributed by atoms with van der Waals surface area (Å²) in [5.41, 5.74) is 7.48. The van der Waals surface area contributed by atoms with Crippen molar-refractivity contribution >= 4 is 23.0 Å². The predicted molar refractivity (Wildman–Crippen MR) is 87.2 cm³/mol. The number of aromatic nitrogens is 4. The SMILES string of the molecule is Cc1nc(N)nc(N2CCCC(c3nc4ccccc4o3)C2)n1. The van der Waals surface area contributed by atoms with E-state index in [1.165, 1.54) is 0 Å². The quantitative estimate of drug-likeness (QED) is 0.776. The summed E-state index contributed by atoms with van der Waals surface area (Å²) in [5.74, 6) is 2.55. The third-order valence-electron chi connectivity index (χ3n) is 4.12. The van der Waals surface area contributed by atoms with Gasteiger partial charge in [-0.25, -0.2) is 4.98 Å². The molecule has 1 aromatic carbocycles. The lowest BCUT2D eigenvalue weighted by Crippen LogP contribution is -2.36. The van der Waals surface area contributed by atoms with E-state index in [-0.39, 0.29) is 11.9 Å². The van der Waals surface area contributed by atoms with E-state index < -0.39 is 0 Å². The second kappa shape index (κ2) is 5.49. The van der Waals surface area contributed by atoms with Crippen molar-refractivity contribution in [1.82, 2.24) is 19.9 Å². The minimum absolute atomic E-state index is 0.231. The van der Waals surface area contributed by atoms with Crippen LogP contribution in [0.3, 0.4) is 0 Å². The zero-order chi connectivity index (χ0) is 15.8. The standard InChI is InChI=1S/C16H18N6O/c1-10-18-15(17)21-16(19-10)22-8-4-5-11(9-22)14-20-12-6-2-3-7-13(12)23-14/h2-3,6-7,11H,4-5,8-9H2,1H3,(H2,17,18,19,21). The molecule has 1 aliphatic rings. The highest BCUT2D eigenvalue weighted by Gasteiger charge is 2.27. The summed E-state index contributed by atoms with van der Waals surface area (Å²) in [5, 5.41) is 0. The van der Waals surface area contributed by atoms with Crippen LogP contribution in [0, 0.1) is 6.92 Å². The third-order valence-corrected chi connectivity index (χ3v) is 4.12. The number of nitrogens with two attached hydrogens (primary N) is 1. The van der Waals surface area contributed by atoms with E-state index in [2.05, 4.69) is 24.8 Å². The molecule has 1 atom stereocenters. The molecule has 3 heterocycles. The number of hydrogen-bond acceptors (Lipinski definition) is 7. The van der Waals surface area contributed by atoms with E-state index in [4.69, 9.17) is 10.2 Å². The zero-order valence-corrected chi connectivity index (χ0v) is 12.9. The van der Waals surface area contributed by atoms with Crippen LogP contribution in [0.4, 0.5) is 11.9 Å². The van der Waals surface area contributed by atoms with Gasteiger partial charge in [-0.1, -0.05) is 12.1 Å². The summed E-state index contributed by atoms with van der Waals surface area (Å²) in [4.78, 5) is 19.5. The highest BCUT2D eigenvalue weighted by molar-refractivity contribution is 5.72. The molecule has 1 aliphatic heterocycles. The fourth-order valence-electron chi connectivity index (χ4n) is 3.05. The lowest BCUT2D eigenvalue weighted by atomic mass is 9.98. The Kier molecular flexibility index (Phi) is 3.33. The molecule has 3 aromatic rings. The molecule has 23 heavy (non-hydrogen) atoms. The first-order chi connectivity index (χ1) is 11.2. The Balaban J connectivity index is 1.61. The monoisotopic (exact) mass is 310 g/mol. The van der Waals surface area contributed by atoms with Crippen molar-refractivity contribution in [3.63, 3.8) is 0 Å². The Labute approximate surface area is 133 Å². The summed E-state index contributed by atoms with van der Waals surface area (Å²) in [6, 6.07) is 7.85. The highest BCUT2D eigenvalue weighted by Crippen LogP contribution is 2.30. The van der Waals surface area contributed by atoms with Crippen molar-refractivity contribution < 1.29 is 4.42 Å². The highest BCUT2D eigenvalue weighted by atomic mass is 16.3. The average molecular weight is 310 g/mol. The van der Waals surface area contributed by atoms with E-state index in [0.717, 1.165) is 42.9 Å². The Morgan fingerprint density at radius 2 is 2.04 bits per heavy atom. The van der Waals surface area contributed by atoms with Crippen LogP contribution in [0.2, 0.25) is 0 Å². The minimum Gasteiger partial charge on any atom is -0.440 e. The van der Waals surface area contributed by atoms with Crippen molar-refractivity contribution in [2.24, 2.45) is 0 Å². The maximum absolute atomic E-state index is 5.92. The molecule has 1 saturated heterocycles. The second-order valence-corrected chi connectivity index (χ2v) is 5.85. The van der Waals surface area contributed by atoms with Crippen LogP contribution in [0.5, 0.6) is 0 Å². The molecule has 2 aromatic heterocycles. The number of oxazole rings is 1. The van der Waals surface area contributed by atoms with Gasteiger partial charge in [-0.2, -0.15) is 15.0 Å². The lowest BCUT2D eigenvalue weighted by Gasteiger charge is -2.31. The molecule has 0 saturated carbocycles. The number of piperidine rings is 1. The van der Waals surface area contributed by atoms with Gasteiger partial charge in [-0.3, -0.25) is 0 Å². The fraction of sp³-hybridized carbons (Fsp3) is 0.375. The molecule has 0 aliphatic carbocycles. The Morgan fingerprint density at radius 3 is 2.87 bits per heavy atom. The smallest absolute Gasteiger partial charge is 0.230 e. The van der Waals surface area contributed by atoms with Crippen LogP contribution in [0.25, 0.3) is 11.1 Å². The largest absolute Gasteiger partial charge is 0.440 e. The van der Waals surface area contributed by atoms with Crippen molar-refractivity contribution in [2.45, 2.75) is 25.7 Å². The minimum atomic E-state index is 0.231. The van der Waals surface area contributed by atoms with Crippen molar-refractivity contribution in [1.29, 1.82) is 0 Å². The molecule has 4 rings (SSSR count). The molecule has 7 heteroatoms. The first-order valence-electron chi connectivity index (χ1n) is 7.77. The van der Waals surface area contributed by atoms with Crippen LogP contribution >= 0.6 is 0 Å². The van der Waals surface area contributed by atoms with E-state index in [1.54, 1.807) is 0 Å². The van der Waals surface area contributed by atoms with Crippen LogP contribution in [-0.2, 0) is 0 Å². The van der Waals surface area contributed by atoms with Gasteiger partial charge in [0.2, 0.25) is 11.9 Å². The van der Waals surface area contributed by atoms with E-state index in [9.17, 15) is 0 Å². The van der Waals surface area contributed by atoms with Gasteiger partial charge in [0, 0.05) is 13.1 Å². The normalized spacial score (nSPS) is 18.5. The number of nitrogens with zero attached hydrogens (tertiary/aromatic N) is 5. The molecular weight excluding hydrogens is 292 g/mol. The first kappa shape index (κ1) is 13.9. The number of hydrogen-bond donors (Lipinski definition) is 1. The van der Waals surface area contributed by atoms with Gasteiger partial charge in [0.25, 0.3) is 0 Å². The summed E-state index contributed by atoms with van der Waals surface area (Å²) in [7, 11) is 0. The zero-order valence-electron chi connectivity index (χ0n) is 12.9. The summed E-state index contributed by atoms with van der Waals surface area (Å²) < 4.78 is 5.92. The second-order valence-electron chi connectivity index (χ2n) is 5.85. The van der Waals surface area contributed by atoms with E-state index in [1.807, 2.05) is 31.2 Å². The van der Waals surface area contributed by atoms with Gasteiger partial charge in [0.15, 0.2) is 11.5 Å². The number of nitrogen functional groups attached to an aromatic ring is 1. The summed E-state index contributed by atoms with van der Waals surface area (Å²) in [6.45, 7) is 3.50. The molecule has 0 spiro atoms. The van der Waals surface area contributed by atoms with Crippen LogP contribution < -0.4 is 10.6 Å². The van der Waals surface area contributed by atoms with Gasteiger partial charge < -0.3 is 15.1 Å². The molecule has 7 nitrogen and oxygen atoms in total. The van der Waals surface area contributed by atoms with Gasteiger partial charge in [-0.15, -0.1) is 0 Å². The van der Waals surface area contributed by atoms with Gasteiger partial charge in [0.05, 0.1) is 5.92 Å². The Morgan fingerprint density at radius 1 is 1.17 bits per heavy atom. The number of benzene rings is 1. The average Bonchev–Trinajstić information content (AvgIpc) is 2.98. The molecule has 118 valence electrons. The maximum Gasteiger partial charge on any atom is 0.230 e. The first-order valence-corrected chi connectivity index (χ1v) is 7.77. The number of rotatable bonds is 2. The molecule has 0 radical (unpaired) electrons. The molecule has 0 bridgehead atoms. The molecule has 0 amide bonds. The van der Waals surface area contributed by atoms with Crippen LogP contribution in [-0.4, -0.2) is 33.0 Å². The topological polar surface area (TPSA) is 94.0 Å². The fourth-order valence-corrected chi connectivity index (χ4v) is 3.05. The molecule has 2 N–H and O–H groups in total. The van der Waals surface area contributed by atoms with Gasteiger partial charge in [0.1, 0.15) is 11.3 Å². The maximum atomic E-state index is 5.92. The van der Waals surface area contributed by atoms with Gasteiger partial charge in [-0.05, 0) is 31.9 Å². The van der Waals surface area contributed by atoms with Crippen molar-refractivity contribution in [2.75, 3.05) is 23.7 Å². The summed E-state index contributed by atoms with van der Waals surface area (Å²) >= 11 is 0. The van der Waals surface area contributed by atoms with E-state index in [0.29, 0.717) is 11.8 Å². The van der Waals surface area contributed by atoms with Crippen LogP contribution in [0.1, 0.15) is 30.5 Å². The van der Waals surface area contributed by atoms with Crippen molar-refractivity contribution in [3.05, 3.63) is 36.0 Å². The molecular formula is C16H18N6O. The predicted octanol–water partition coefficient (Wildman–Crippen LogP) is 2.29.